The largest absolute Gasteiger partial charge is 0.376 e. The van der Waals surface area contributed by atoms with Gasteiger partial charge in [0.05, 0.1) is 6.10 Å². The van der Waals surface area contributed by atoms with Crippen LogP contribution in [0.2, 0.25) is 0 Å². The standard InChI is InChI=1S/C16H21NOS/c1-2-4-15-12(3-1)9-13(19-15)10-17-14-7-8-18-16(14)11-5-6-11/h1-4,11,13-14,16-17H,5-10H2. The quantitative estimate of drug-likeness (QED) is 0.913. The minimum absolute atomic E-state index is 0.508. The molecule has 0 bridgehead atoms. The Kier molecular flexibility index (Phi) is 3.30. The van der Waals surface area contributed by atoms with E-state index in [0.717, 1.165) is 19.1 Å². The number of thioether (sulfide) groups is 1. The lowest BCUT2D eigenvalue weighted by Gasteiger charge is -2.21. The van der Waals surface area contributed by atoms with Crippen molar-refractivity contribution in [3.63, 3.8) is 0 Å². The molecule has 2 aliphatic heterocycles. The molecule has 0 aromatic heterocycles. The highest BCUT2D eigenvalue weighted by molar-refractivity contribution is 8.00. The van der Waals surface area contributed by atoms with Gasteiger partial charge in [0.1, 0.15) is 0 Å². The molecule has 4 rings (SSSR count). The molecule has 2 heterocycles. The minimum atomic E-state index is 0.508. The number of fused-ring (bicyclic) bond motifs is 1. The van der Waals surface area contributed by atoms with Gasteiger partial charge >= 0.3 is 0 Å². The normalized spacial score (nSPS) is 33.6. The highest BCUT2D eigenvalue weighted by Gasteiger charge is 2.40. The number of nitrogens with one attached hydrogen (secondary N) is 1. The van der Waals surface area contributed by atoms with E-state index in [0.29, 0.717) is 17.4 Å². The highest BCUT2D eigenvalue weighted by atomic mass is 32.2. The average molecular weight is 275 g/mol. The molecule has 1 aromatic carbocycles. The summed E-state index contributed by atoms with van der Waals surface area (Å²) in [7, 11) is 0. The van der Waals surface area contributed by atoms with E-state index in [1.807, 2.05) is 11.8 Å². The number of hydrogen-bond acceptors (Lipinski definition) is 3. The maximum absolute atomic E-state index is 5.90. The Bertz CT molecular complexity index is 435. The van der Waals surface area contributed by atoms with Gasteiger partial charge in [0.15, 0.2) is 0 Å². The van der Waals surface area contributed by atoms with Crippen LogP contribution in [0.1, 0.15) is 24.8 Å². The van der Waals surface area contributed by atoms with Crippen molar-refractivity contribution in [3.8, 4) is 0 Å². The van der Waals surface area contributed by atoms with Crippen molar-refractivity contribution in [1.82, 2.24) is 5.32 Å². The van der Waals surface area contributed by atoms with Crippen molar-refractivity contribution >= 4 is 11.8 Å². The zero-order valence-electron chi connectivity index (χ0n) is 11.2. The van der Waals surface area contributed by atoms with E-state index in [9.17, 15) is 0 Å². The molecule has 1 aliphatic carbocycles. The Labute approximate surface area is 119 Å². The summed E-state index contributed by atoms with van der Waals surface area (Å²) < 4.78 is 5.90. The molecule has 1 aromatic rings. The van der Waals surface area contributed by atoms with E-state index in [-0.39, 0.29) is 0 Å². The van der Waals surface area contributed by atoms with Crippen molar-refractivity contribution < 1.29 is 4.74 Å². The second-order valence-corrected chi connectivity index (χ2v) is 7.37. The van der Waals surface area contributed by atoms with Gasteiger partial charge in [-0.3, -0.25) is 0 Å². The van der Waals surface area contributed by atoms with Gasteiger partial charge in [-0.05, 0) is 43.2 Å². The first-order valence-electron chi connectivity index (χ1n) is 7.50. The maximum atomic E-state index is 5.90. The fourth-order valence-corrected chi connectivity index (χ4v) is 4.63. The van der Waals surface area contributed by atoms with Crippen LogP contribution in [0.4, 0.5) is 0 Å². The molecule has 1 saturated carbocycles. The van der Waals surface area contributed by atoms with Gasteiger partial charge in [-0.15, -0.1) is 11.8 Å². The van der Waals surface area contributed by atoms with Crippen molar-refractivity contribution in [2.45, 2.75) is 48.0 Å². The van der Waals surface area contributed by atoms with Crippen LogP contribution >= 0.6 is 11.8 Å². The van der Waals surface area contributed by atoms with E-state index < -0.39 is 0 Å². The summed E-state index contributed by atoms with van der Waals surface area (Å²) in [5, 5.41) is 4.49. The van der Waals surface area contributed by atoms with E-state index in [1.165, 1.54) is 36.1 Å². The lowest BCUT2D eigenvalue weighted by Crippen LogP contribution is -2.40. The Hall–Kier alpha value is -0.510. The lowest BCUT2D eigenvalue weighted by atomic mass is 10.1. The average Bonchev–Trinajstić information content (AvgIpc) is 3.03. The summed E-state index contributed by atoms with van der Waals surface area (Å²) in [6, 6.07) is 9.44. The minimum Gasteiger partial charge on any atom is -0.376 e. The molecule has 0 radical (unpaired) electrons. The zero-order valence-corrected chi connectivity index (χ0v) is 12.0. The van der Waals surface area contributed by atoms with Crippen molar-refractivity contribution in [3.05, 3.63) is 29.8 Å². The van der Waals surface area contributed by atoms with E-state index in [4.69, 9.17) is 4.74 Å². The number of benzene rings is 1. The van der Waals surface area contributed by atoms with Crippen molar-refractivity contribution in [2.75, 3.05) is 13.2 Å². The maximum Gasteiger partial charge on any atom is 0.0756 e. The molecule has 0 amide bonds. The molecule has 2 nitrogen and oxygen atoms in total. The molecule has 2 fully saturated rings. The molecule has 1 saturated heterocycles. The molecule has 102 valence electrons. The molecule has 19 heavy (non-hydrogen) atoms. The van der Waals surface area contributed by atoms with Crippen LogP contribution in [0.25, 0.3) is 0 Å². The first-order valence-corrected chi connectivity index (χ1v) is 8.37. The van der Waals surface area contributed by atoms with Crippen LogP contribution in [0, 0.1) is 5.92 Å². The van der Waals surface area contributed by atoms with Crippen molar-refractivity contribution in [2.24, 2.45) is 5.92 Å². The van der Waals surface area contributed by atoms with Crippen LogP contribution in [-0.2, 0) is 11.2 Å². The van der Waals surface area contributed by atoms with Crippen LogP contribution in [0.15, 0.2) is 29.2 Å². The lowest BCUT2D eigenvalue weighted by molar-refractivity contribution is 0.0813. The second kappa shape index (κ2) is 5.12. The predicted octanol–water partition coefficient (Wildman–Crippen LogP) is 2.86. The van der Waals surface area contributed by atoms with Crippen LogP contribution in [0.3, 0.4) is 0 Å². The van der Waals surface area contributed by atoms with E-state index in [2.05, 4.69) is 29.6 Å². The third-order valence-corrected chi connectivity index (χ3v) is 5.86. The van der Waals surface area contributed by atoms with Crippen LogP contribution in [0.5, 0.6) is 0 Å². The highest BCUT2D eigenvalue weighted by Crippen LogP contribution is 2.39. The molecule has 3 atom stereocenters. The topological polar surface area (TPSA) is 21.3 Å². The van der Waals surface area contributed by atoms with E-state index >= 15 is 0 Å². The smallest absolute Gasteiger partial charge is 0.0756 e. The summed E-state index contributed by atoms with van der Waals surface area (Å²) in [4.78, 5) is 1.48. The van der Waals surface area contributed by atoms with Crippen molar-refractivity contribution in [1.29, 1.82) is 0 Å². The van der Waals surface area contributed by atoms with Gasteiger partial charge in [-0.2, -0.15) is 0 Å². The van der Waals surface area contributed by atoms with Gasteiger partial charge in [0.2, 0.25) is 0 Å². The van der Waals surface area contributed by atoms with Gasteiger partial charge in [0, 0.05) is 29.3 Å². The molecule has 3 heteroatoms. The molecule has 3 aliphatic rings. The summed E-state index contributed by atoms with van der Waals surface area (Å²) in [6.45, 7) is 2.08. The zero-order chi connectivity index (χ0) is 12.7. The molecular formula is C16H21NOS. The number of ether oxygens (including phenoxy) is 1. The fraction of sp³-hybridized carbons (Fsp3) is 0.625. The first kappa shape index (κ1) is 12.2. The molecular weight excluding hydrogens is 254 g/mol. The number of rotatable bonds is 4. The van der Waals surface area contributed by atoms with Gasteiger partial charge in [-0.25, -0.2) is 0 Å². The summed E-state index contributed by atoms with van der Waals surface area (Å²) >= 11 is 2.04. The fourth-order valence-electron chi connectivity index (χ4n) is 3.37. The van der Waals surface area contributed by atoms with Gasteiger partial charge < -0.3 is 10.1 Å². The molecule has 3 unspecified atom stereocenters. The third kappa shape index (κ3) is 2.56. The summed E-state index contributed by atoms with van der Waals surface area (Å²) in [5.74, 6) is 0.855. The molecule has 0 spiro atoms. The van der Waals surface area contributed by atoms with Gasteiger partial charge in [-0.1, -0.05) is 18.2 Å². The SMILES string of the molecule is c1ccc2c(c1)CC(CNC1CCOC1C1CC1)S2. The Balaban J connectivity index is 1.32. The molecule has 1 N–H and O–H groups in total. The Morgan fingerprint density at radius 3 is 2.95 bits per heavy atom. The summed E-state index contributed by atoms with van der Waals surface area (Å²) in [6.07, 6.45) is 5.69. The summed E-state index contributed by atoms with van der Waals surface area (Å²) in [5.41, 5.74) is 1.53. The predicted molar refractivity (Wildman–Crippen MR) is 78.7 cm³/mol. The Morgan fingerprint density at radius 1 is 1.21 bits per heavy atom. The third-order valence-electron chi connectivity index (χ3n) is 4.54. The monoisotopic (exact) mass is 275 g/mol. The Morgan fingerprint density at radius 2 is 2.11 bits per heavy atom. The van der Waals surface area contributed by atoms with Crippen LogP contribution < -0.4 is 5.32 Å². The van der Waals surface area contributed by atoms with Gasteiger partial charge in [0.25, 0.3) is 0 Å². The van der Waals surface area contributed by atoms with E-state index in [1.54, 1.807) is 0 Å². The second-order valence-electron chi connectivity index (χ2n) is 6.03. The first-order chi connectivity index (χ1) is 9.40. The van der Waals surface area contributed by atoms with Crippen LogP contribution in [-0.4, -0.2) is 30.5 Å². The number of hydrogen-bond donors (Lipinski definition) is 1.